The molecular weight excluding hydrogens is 416 g/mol. The van der Waals surface area contributed by atoms with Crippen molar-refractivity contribution >= 4 is 17.7 Å². The summed E-state index contributed by atoms with van der Waals surface area (Å²) in [4.78, 5) is 23.9. The van der Waals surface area contributed by atoms with Crippen molar-refractivity contribution in [2.24, 2.45) is 0 Å². The summed E-state index contributed by atoms with van der Waals surface area (Å²) < 4.78 is 10.2. The minimum absolute atomic E-state index is 0.0236. The number of esters is 1. The Morgan fingerprint density at radius 3 is 2.33 bits per heavy atom. The first-order valence-electron chi connectivity index (χ1n) is 10.6. The van der Waals surface area contributed by atoms with Crippen LogP contribution in [-0.2, 0) is 9.47 Å². The fourth-order valence-electron chi connectivity index (χ4n) is 4.00. The van der Waals surface area contributed by atoms with Crippen LogP contribution in [0.5, 0.6) is 0 Å². The standard InChI is InChI=1S/C27H24N2O4/c1-32-26(30)19-14-18(15-20(28)16-19)8-6-7-13-29-27(31)33-17-25-23-11-4-2-9-21(23)22-10-3-5-12-24(22)25/h2-5,9-12,14-16,25H,7,13,17,28H2,1H3,(H,29,31). The summed E-state index contributed by atoms with van der Waals surface area (Å²) in [5.41, 5.74) is 11.9. The van der Waals surface area contributed by atoms with Crippen molar-refractivity contribution in [1.82, 2.24) is 5.32 Å². The van der Waals surface area contributed by atoms with Gasteiger partial charge in [-0.15, -0.1) is 0 Å². The first kappa shape index (κ1) is 22.0. The first-order valence-corrected chi connectivity index (χ1v) is 10.6. The number of nitrogen functional groups attached to an aromatic ring is 1. The quantitative estimate of drug-likeness (QED) is 0.267. The van der Waals surface area contributed by atoms with Crippen LogP contribution in [0.3, 0.4) is 0 Å². The molecule has 0 unspecified atom stereocenters. The predicted octanol–water partition coefficient (Wildman–Crippen LogP) is 4.34. The number of rotatable bonds is 5. The highest BCUT2D eigenvalue weighted by Crippen LogP contribution is 2.44. The molecule has 1 aliphatic rings. The molecule has 0 atom stereocenters. The zero-order chi connectivity index (χ0) is 23.2. The molecule has 4 rings (SSSR count). The van der Waals surface area contributed by atoms with E-state index in [2.05, 4.69) is 41.4 Å². The Kier molecular flexibility index (Phi) is 6.61. The van der Waals surface area contributed by atoms with Crippen molar-refractivity contribution < 1.29 is 19.1 Å². The van der Waals surface area contributed by atoms with E-state index < -0.39 is 12.1 Å². The highest BCUT2D eigenvalue weighted by atomic mass is 16.5. The van der Waals surface area contributed by atoms with Gasteiger partial charge in [0.25, 0.3) is 0 Å². The van der Waals surface area contributed by atoms with E-state index >= 15 is 0 Å². The maximum absolute atomic E-state index is 12.2. The molecule has 0 spiro atoms. The van der Waals surface area contributed by atoms with E-state index in [1.54, 1.807) is 12.1 Å². The average Bonchev–Trinajstić information content (AvgIpc) is 3.15. The third-order valence-electron chi connectivity index (χ3n) is 5.47. The Morgan fingerprint density at radius 1 is 1.00 bits per heavy atom. The van der Waals surface area contributed by atoms with E-state index in [-0.39, 0.29) is 12.5 Å². The number of alkyl carbamates (subject to hydrolysis) is 1. The third-order valence-corrected chi connectivity index (χ3v) is 5.47. The number of anilines is 1. The van der Waals surface area contributed by atoms with Gasteiger partial charge in [-0.2, -0.15) is 0 Å². The van der Waals surface area contributed by atoms with Gasteiger partial charge in [-0.25, -0.2) is 9.59 Å². The number of nitrogens with two attached hydrogens (primary N) is 1. The molecule has 0 bridgehead atoms. The summed E-state index contributed by atoms with van der Waals surface area (Å²) in [6, 6.07) is 21.2. The van der Waals surface area contributed by atoms with Crippen molar-refractivity contribution in [1.29, 1.82) is 0 Å². The molecule has 3 aromatic carbocycles. The number of ether oxygens (including phenoxy) is 2. The maximum Gasteiger partial charge on any atom is 0.407 e. The summed E-state index contributed by atoms with van der Waals surface area (Å²) in [5, 5.41) is 2.73. The van der Waals surface area contributed by atoms with Crippen LogP contribution in [0.25, 0.3) is 11.1 Å². The fraction of sp³-hybridized carbons (Fsp3) is 0.185. The van der Waals surface area contributed by atoms with Crippen molar-refractivity contribution in [3.8, 4) is 23.0 Å². The van der Waals surface area contributed by atoms with E-state index in [1.165, 1.54) is 35.4 Å². The SMILES string of the molecule is COC(=O)c1cc(N)cc(C#CCCNC(=O)OCC2c3ccccc3-c3ccccc32)c1. The van der Waals surface area contributed by atoms with Gasteiger partial charge in [-0.1, -0.05) is 60.4 Å². The maximum atomic E-state index is 12.2. The van der Waals surface area contributed by atoms with Gasteiger partial charge in [-0.3, -0.25) is 0 Å². The zero-order valence-electron chi connectivity index (χ0n) is 18.3. The van der Waals surface area contributed by atoms with E-state index in [4.69, 9.17) is 15.2 Å². The summed E-state index contributed by atoms with van der Waals surface area (Å²) in [5.74, 6) is 5.46. The second kappa shape index (κ2) is 9.92. The highest BCUT2D eigenvalue weighted by molar-refractivity contribution is 5.91. The van der Waals surface area contributed by atoms with E-state index in [1.807, 2.05) is 24.3 Å². The second-order valence-corrected chi connectivity index (χ2v) is 7.64. The third kappa shape index (κ3) is 4.99. The Bertz CT molecular complexity index is 1210. The molecule has 3 aromatic rings. The van der Waals surface area contributed by atoms with Gasteiger partial charge >= 0.3 is 12.1 Å². The van der Waals surface area contributed by atoms with Crippen LogP contribution in [0.2, 0.25) is 0 Å². The largest absolute Gasteiger partial charge is 0.465 e. The molecule has 0 saturated carbocycles. The number of amides is 1. The summed E-state index contributed by atoms with van der Waals surface area (Å²) in [7, 11) is 1.31. The van der Waals surface area contributed by atoms with Gasteiger partial charge in [0.1, 0.15) is 6.61 Å². The Hall–Kier alpha value is -4.24. The molecule has 0 heterocycles. The lowest BCUT2D eigenvalue weighted by atomic mass is 9.98. The summed E-state index contributed by atoms with van der Waals surface area (Å²) in [6.07, 6.45) is -0.0531. The molecule has 166 valence electrons. The number of fused-ring (bicyclic) bond motifs is 3. The van der Waals surface area contributed by atoms with Crippen LogP contribution in [0, 0.1) is 11.8 Å². The fourth-order valence-corrected chi connectivity index (χ4v) is 4.00. The number of carbonyl (C=O) groups excluding carboxylic acids is 2. The lowest BCUT2D eigenvalue weighted by molar-refractivity contribution is 0.0600. The monoisotopic (exact) mass is 440 g/mol. The number of hydrogen-bond donors (Lipinski definition) is 2. The molecule has 3 N–H and O–H groups in total. The topological polar surface area (TPSA) is 90.6 Å². The lowest BCUT2D eigenvalue weighted by Gasteiger charge is -2.14. The van der Waals surface area contributed by atoms with Gasteiger partial charge in [0.15, 0.2) is 0 Å². The van der Waals surface area contributed by atoms with Gasteiger partial charge in [0.2, 0.25) is 0 Å². The van der Waals surface area contributed by atoms with Crippen molar-refractivity contribution in [2.75, 3.05) is 26.0 Å². The summed E-state index contributed by atoms with van der Waals surface area (Å²) in [6.45, 7) is 0.612. The number of carbonyl (C=O) groups is 2. The molecule has 0 fully saturated rings. The van der Waals surface area contributed by atoms with Crippen LogP contribution in [0.1, 0.15) is 39.4 Å². The Morgan fingerprint density at radius 2 is 1.67 bits per heavy atom. The summed E-state index contributed by atoms with van der Waals surface area (Å²) >= 11 is 0. The van der Waals surface area contributed by atoms with Crippen LogP contribution in [0.15, 0.2) is 66.7 Å². The van der Waals surface area contributed by atoms with E-state index in [0.717, 1.165) is 0 Å². The molecule has 0 aliphatic heterocycles. The molecule has 0 saturated heterocycles. The highest BCUT2D eigenvalue weighted by Gasteiger charge is 2.28. The number of methoxy groups -OCH3 is 1. The van der Waals surface area contributed by atoms with Gasteiger partial charge in [0, 0.05) is 30.1 Å². The number of nitrogens with one attached hydrogen (secondary N) is 1. The van der Waals surface area contributed by atoms with Crippen LogP contribution >= 0.6 is 0 Å². The van der Waals surface area contributed by atoms with E-state index in [9.17, 15) is 9.59 Å². The number of hydrogen-bond acceptors (Lipinski definition) is 5. The molecule has 33 heavy (non-hydrogen) atoms. The Labute approximate surface area is 192 Å². The minimum atomic E-state index is -0.476. The van der Waals surface area contributed by atoms with Gasteiger partial charge in [-0.05, 0) is 40.5 Å². The second-order valence-electron chi connectivity index (χ2n) is 7.64. The molecule has 0 aromatic heterocycles. The lowest BCUT2D eigenvalue weighted by Crippen LogP contribution is -2.26. The van der Waals surface area contributed by atoms with Crippen LogP contribution in [-0.4, -0.2) is 32.3 Å². The predicted molar refractivity (Wildman–Crippen MR) is 127 cm³/mol. The molecule has 1 aliphatic carbocycles. The van der Waals surface area contributed by atoms with E-state index in [0.29, 0.717) is 29.8 Å². The molecule has 1 amide bonds. The van der Waals surface area contributed by atoms with Crippen molar-refractivity contribution in [3.63, 3.8) is 0 Å². The minimum Gasteiger partial charge on any atom is -0.465 e. The van der Waals surface area contributed by atoms with Gasteiger partial charge in [0.05, 0.1) is 12.7 Å². The molecule has 0 radical (unpaired) electrons. The average molecular weight is 440 g/mol. The zero-order valence-corrected chi connectivity index (χ0v) is 18.3. The Balaban J connectivity index is 1.29. The molecule has 6 nitrogen and oxygen atoms in total. The molecule has 6 heteroatoms. The number of benzene rings is 3. The van der Waals surface area contributed by atoms with Crippen molar-refractivity contribution in [2.45, 2.75) is 12.3 Å². The normalized spacial score (nSPS) is 11.5. The van der Waals surface area contributed by atoms with Gasteiger partial charge < -0.3 is 20.5 Å². The molecular formula is C27H24N2O4. The van der Waals surface area contributed by atoms with Crippen LogP contribution in [0.4, 0.5) is 10.5 Å². The smallest absolute Gasteiger partial charge is 0.407 e. The first-order chi connectivity index (χ1) is 16.1. The van der Waals surface area contributed by atoms with Crippen LogP contribution < -0.4 is 11.1 Å². The van der Waals surface area contributed by atoms with Crippen molar-refractivity contribution in [3.05, 3.63) is 89.0 Å².